The van der Waals surface area contributed by atoms with Crippen LogP contribution in [0.2, 0.25) is 0 Å². The van der Waals surface area contributed by atoms with Gasteiger partial charge in [0.15, 0.2) is 0 Å². The van der Waals surface area contributed by atoms with Crippen LogP contribution in [-0.4, -0.2) is 11.1 Å². The van der Waals surface area contributed by atoms with Crippen molar-refractivity contribution in [2.24, 2.45) is 0 Å². The minimum atomic E-state index is -0.822. The van der Waals surface area contributed by atoms with Crippen LogP contribution in [-0.2, 0) is 4.79 Å². The van der Waals surface area contributed by atoms with Crippen molar-refractivity contribution in [1.29, 1.82) is 0 Å². The highest BCUT2D eigenvalue weighted by atomic mass is 16.4. The number of hydrogen-bond acceptors (Lipinski definition) is 1. The Balaban J connectivity index is 3.40. The van der Waals surface area contributed by atoms with E-state index >= 15 is 0 Å². The van der Waals surface area contributed by atoms with Crippen molar-refractivity contribution in [1.82, 2.24) is 0 Å². The minimum Gasteiger partial charge on any atom is -0.478 e. The molecule has 0 aromatic rings. The average molecular weight is 309 g/mol. The van der Waals surface area contributed by atoms with Crippen LogP contribution in [0.15, 0.2) is 23.3 Å². The lowest BCUT2D eigenvalue weighted by Crippen LogP contribution is -1.97. The lowest BCUT2D eigenvalue weighted by atomic mass is 10.0. The monoisotopic (exact) mass is 308 g/mol. The molecule has 0 amide bonds. The average Bonchev–Trinajstić information content (AvgIpc) is 2.50. The van der Waals surface area contributed by atoms with Gasteiger partial charge in [-0.25, -0.2) is 4.79 Å². The Kier molecular flexibility index (Phi) is 14.2. The highest BCUT2D eigenvalue weighted by Gasteiger charge is 2.01. The number of carboxylic acid groups (broad SMARTS) is 1. The summed E-state index contributed by atoms with van der Waals surface area (Å²) in [5.74, 6) is -0.822. The molecule has 0 aliphatic heterocycles. The van der Waals surface area contributed by atoms with E-state index in [0.717, 1.165) is 12.0 Å². The molecular weight excluding hydrogens is 272 g/mol. The Labute approximate surface area is 137 Å². The van der Waals surface area contributed by atoms with Gasteiger partial charge in [-0.15, -0.1) is 0 Å². The first-order valence-electron chi connectivity index (χ1n) is 9.17. The molecule has 0 fully saturated rings. The molecule has 0 aromatic heterocycles. The highest BCUT2D eigenvalue weighted by molar-refractivity contribution is 5.87. The summed E-state index contributed by atoms with van der Waals surface area (Å²) in [6, 6.07) is 0. The number of unbranched alkanes of at least 4 members (excludes halogenated alkanes) is 11. The standard InChI is InChI=1S/C20H36O2/c1-4-5-6-7-8-9-10-11-12-13-14-15-16-17-18(2)19(3)20(21)22/h16-17H,4-15H2,1-3H3,(H,21,22). The largest absolute Gasteiger partial charge is 0.478 e. The molecule has 0 radical (unpaired) electrons. The summed E-state index contributed by atoms with van der Waals surface area (Å²) < 4.78 is 0. The Hall–Kier alpha value is -1.05. The number of allylic oxidation sites excluding steroid dienone is 3. The second-order valence-corrected chi connectivity index (χ2v) is 6.34. The van der Waals surface area contributed by atoms with Crippen molar-refractivity contribution in [3.8, 4) is 0 Å². The van der Waals surface area contributed by atoms with Gasteiger partial charge in [0.2, 0.25) is 0 Å². The van der Waals surface area contributed by atoms with Crippen molar-refractivity contribution in [3.63, 3.8) is 0 Å². The van der Waals surface area contributed by atoms with Crippen LogP contribution in [0.3, 0.4) is 0 Å². The zero-order valence-corrected chi connectivity index (χ0v) is 15.0. The van der Waals surface area contributed by atoms with Gasteiger partial charge in [-0.3, -0.25) is 0 Å². The van der Waals surface area contributed by atoms with Crippen LogP contribution in [0.1, 0.15) is 97.8 Å². The fourth-order valence-electron chi connectivity index (χ4n) is 2.48. The molecule has 1 N–H and O–H groups in total. The summed E-state index contributed by atoms with van der Waals surface area (Å²) in [6.07, 6.45) is 20.1. The fraction of sp³-hybridized carbons (Fsp3) is 0.750. The quantitative estimate of drug-likeness (QED) is 0.221. The number of hydrogen-bond donors (Lipinski definition) is 1. The lowest BCUT2D eigenvalue weighted by molar-refractivity contribution is -0.132. The Bertz CT molecular complexity index is 340. The topological polar surface area (TPSA) is 37.3 Å². The second kappa shape index (κ2) is 14.9. The molecule has 2 nitrogen and oxygen atoms in total. The number of aliphatic carboxylic acids is 1. The van der Waals surface area contributed by atoms with Gasteiger partial charge in [-0.05, 0) is 32.3 Å². The molecule has 0 saturated carbocycles. The molecular formula is C20H36O2. The van der Waals surface area contributed by atoms with Gasteiger partial charge in [0.1, 0.15) is 0 Å². The van der Waals surface area contributed by atoms with E-state index in [-0.39, 0.29) is 0 Å². The third kappa shape index (κ3) is 12.7. The molecule has 22 heavy (non-hydrogen) atoms. The first kappa shape index (κ1) is 20.9. The van der Waals surface area contributed by atoms with Crippen molar-refractivity contribution in [2.75, 3.05) is 0 Å². The third-order valence-electron chi connectivity index (χ3n) is 4.25. The van der Waals surface area contributed by atoms with Crippen molar-refractivity contribution in [3.05, 3.63) is 23.3 Å². The van der Waals surface area contributed by atoms with Crippen molar-refractivity contribution >= 4 is 5.97 Å². The predicted molar refractivity (Wildman–Crippen MR) is 96.2 cm³/mol. The van der Waals surface area contributed by atoms with E-state index in [1.54, 1.807) is 6.92 Å². The molecule has 0 rings (SSSR count). The Morgan fingerprint density at radius 1 is 0.818 bits per heavy atom. The normalized spacial score (nSPS) is 12.7. The molecule has 0 aromatic carbocycles. The van der Waals surface area contributed by atoms with E-state index in [2.05, 4.69) is 13.0 Å². The van der Waals surface area contributed by atoms with Gasteiger partial charge in [0.25, 0.3) is 0 Å². The van der Waals surface area contributed by atoms with Gasteiger partial charge in [0.05, 0.1) is 0 Å². The summed E-state index contributed by atoms with van der Waals surface area (Å²) in [6.45, 7) is 5.78. The van der Waals surface area contributed by atoms with Crippen LogP contribution < -0.4 is 0 Å². The van der Waals surface area contributed by atoms with Gasteiger partial charge >= 0.3 is 5.97 Å². The van der Waals surface area contributed by atoms with E-state index in [9.17, 15) is 4.79 Å². The van der Waals surface area contributed by atoms with Crippen LogP contribution in [0.4, 0.5) is 0 Å². The summed E-state index contributed by atoms with van der Waals surface area (Å²) >= 11 is 0. The maximum atomic E-state index is 10.8. The number of carboxylic acids is 1. The third-order valence-corrected chi connectivity index (χ3v) is 4.25. The molecule has 0 spiro atoms. The molecule has 0 bridgehead atoms. The van der Waals surface area contributed by atoms with Crippen LogP contribution in [0.5, 0.6) is 0 Å². The Morgan fingerprint density at radius 3 is 1.73 bits per heavy atom. The second-order valence-electron chi connectivity index (χ2n) is 6.34. The van der Waals surface area contributed by atoms with Gasteiger partial charge in [-0.2, -0.15) is 0 Å². The van der Waals surface area contributed by atoms with Crippen LogP contribution in [0.25, 0.3) is 0 Å². The van der Waals surface area contributed by atoms with E-state index < -0.39 is 5.97 Å². The SMILES string of the molecule is CCCCCCCCCCCCCC=CC(C)=C(C)C(=O)O. The van der Waals surface area contributed by atoms with Gasteiger partial charge in [0, 0.05) is 5.57 Å². The zero-order valence-electron chi connectivity index (χ0n) is 15.0. The van der Waals surface area contributed by atoms with Crippen LogP contribution >= 0.6 is 0 Å². The minimum absolute atomic E-state index is 0.440. The number of carbonyl (C=O) groups is 1. The smallest absolute Gasteiger partial charge is 0.331 e. The molecule has 0 heterocycles. The van der Waals surface area contributed by atoms with Gasteiger partial charge in [-0.1, -0.05) is 83.3 Å². The summed E-state index contributed by atoms with van der Waals surface area (Å²) in [5.41, 5.74) is 1.30. The van der Waals surface area contributed by atoms with Crippen molar-refractivity contribution in [2.45, 2.75) is 97.8 Å². The summed E-state index contributed by atoms with van der Waals surface area (Å²) in [4.78, 5) is 10.8. The molecule has 0 saturated heterocycles. The predicted octanol–water partition coefficient (Wildman–Crippen LogP) is 6.66. The molecule has 0 aliphatic rings. The molecule has 0 aliphatic carbocycles. The van der Waals surface area contributed by atoms with E-state index in [4.69, 9.17) is 5.11 Å². The van der Waals surface area contributed by atoms with E-state index in [1.807, 2.05) is 13.0 Å². The first-order valence-corrected chi connectivity index (χ1v) is 9.17. The van der Waals surface area contributed by atoms with Crippen molar-refractivity contribution < 1.29 is 9.90 Å². The zero-order chi connectivity index (χ0) is 16.6. The highest BCUT2D eigenvalue weighted by Crippen LogP contribution is 2.12. The van der Waals surface area contributed by atoms with Crippen LogP contribution in [0, 0.1) is 0 Å². The first-order chi connectivity index (χ1) is 10.6. The maximum Gasteiger partial charge on any atom is 0.331 e. The number of rotatable bonds is 14. The Morgan fingerprint density at radius 2 is 1.27 bits per heavy atom. The fourth-order valence-corrected chi connectivity index (χ4v) is 2.48. The molecule has 0 atom stereocenters. The summed E-state index contributed by atoms with van der Waals surface area (Å²) in [7, 11) is 0. The lowest BCUT2D eigenvalue weighted by Gasteiger charge is -2.02. The molecule has 2 heteroatoms. The summed E-state index contributed by atoms with van der Waals surface area (Å²) in [5, 5.41) is 8.86. The maximum absolute atomic E-state index is 10.8. The molecule has 128 valence electrons. The molecule has 0 unspecified atom stereocenters. The van der Waals surface area contributed by atoms with E-state index in [0.29, 0.717) is 5.57 Å². The van der Waals surface area contributed by atoms with E-state index in [1.165, 1.54) is 70.6 Å². The van der Waals surface area contributed by atoms with Gasteiger partial charge < -0.3 is 5.11 Å².